The van der Waals surface area contributed by atoms with E-state index in [0.29, 0.717) is 11.3 Å². The lowest BCUT2D eigenvalue weighted by molar-refractivity contribution is -0.384. The maximum Gasteiger partial charge on any atom is 0.298 e. The number of ether oxygens (including phenoxy) is 1. The number of nitro groups is 1. The van der Waals surface area contributed by atoms with Gasteiger partial charge in [-0.2, -0.15) is 0 Å². The lowest BCUT2D eigenvalue weighted by Gasteiger charge is -2.12. The molecule has 1 N–H and O–H groups in total. The fourth-order valence-corrected chi connectivity index (χ4v) is 2.63. The minimum Gasteiger partial charge on any atom is -0.497 e. The van der Waals surface area contributed by atoms with Crippen LogP contribution in [0.4, 0.5) is 14.5 Å². The Morgan fingerprint density at radius 3 is 2.30 bits per heavy atom. The molecule has 1 heterocycles. The summed E-state index contributed by atoms with van der Waals surface area (Å²) < 4.78 is 36.6. The van der Waals surface area contributed by atoms with Gasteiger partial charge in [-0.1, -0.05) is 5.16 Å². The second-order valence-electron chi connectivity index (χ2n) is 5.59. The molecular weight excluding hydrogens is 362 g/mol. The highest BCUT2D eigenvalue weighted by Crippen LogP contribution is 2.38. The number of aromatic nitrogens is 1. The highest BCUT2D eigenvalue weighted by molar-refractivity contribution is 5.66. The minimum absolute atomic E-state index is 0.0544. The molecule has 1 atom stereocenters. The monoisotopic (exact) mass is 376 g/mol. The highest BCUT2D eigenvalue weighted by atomic mass is 19.3. The molecule has 0 aliphatic rings. The number of hydrogen-bond donors (Lipinski definition) is 1. The van der Waals surface area contributed by atoms with Gasteiger partial charge in [0.1, 0.15) is 17.5 Å². The van der Waals surface area contributed by atoms with Crippen LogP contribution in [-0.4, -0.2) is 22.3 Å². The second-order valence-corrected chi connectivity index (χ2v) is 5.59. The van der Waals surface area contributed by atoms with Crippen molar-refractivity contribution in [2.45, 2.75) is 12.5 Å². The first-order chi connectivity index (χ1) is 12.9. The Kier molecular flexibility index (Phi) is 5.13. The van der Waals surface area contributed by atoms with E-state index in [9.17, 15) is 24.0 Å². The van der Waals surface area contributed by atoms with Gasteiger partial charge in [0.15, 0.2) is 0 Å². The third-order valence-corrected chi connectivity index (χ3v) is 4.01. The fourth-order valence-electron chi connectivity index (χ4n) is 2.63. The van der Waals surface area contributed by atoms with E-state index in [1.165, 1.54) is 31.4 Å². The van der Waals surface area contributed by atoms with Crippen molar-refractivity contribution in [2.75, 3.05) is 7.11 Å². The van der Waals surface area contributed by atoms with Crippen LogP contribution in [0, 0.1) is 10.1 Å². The quantitative estimate of drug-likeness (QED) is 0.509. The number of aliphatic hydroxyl groups excluding tert-OH is 1. The lowest BCUT2D eigenvalue weighted by Crippen LogP contribution is -2.04. The molecule has 0 saturated carbocycles. The number of nitro benzene ring substituents is 1. The third-order valence-electron chi connectivity index (χ3n) is 4.01. The molecule has 1 unspecified atom stereocenters. The van der Waals surface area contributed by atoms with Gasteiger partial charge < -0.3 is 14.4 Å². The van der Waals surface area contributed by atoms with Crippen LogP contribution in [0.2, 0.25) is 0 Å². The Balaban J connectivity index is 2.06. The molecule has 1 aromatic heterocycles. The molecule has 27 heavy (non-hydrogen) atoms. The van der Waals surface area contributed by atoms with Crippen molar-refractivity contribution in [3.63, 3.8) is 0 Å². The summed E-state index contributed by atoms with van der Waals surface area (Å²) in [6.07, 6.45) is -4.50. The molecule has 0 spiro atoms. The number of non-ortho nitro benzene ring substituents is 1. The van der Waals surface area contributed by atoms with Crippen LogP contribution in [0.5, 0.6) is 5.75 Å². The Morgan fingerprint density at radius 2 is 1.78 bits per heavy atom. The predicted octanol–water partition coefficient (Wildman–Crippen LogP) is 4.28. The normalized spacial score (nSPS) is 12.2. The number of aliphatic hydroxyl groups is 1. The number of benzene rings is 2. The van der Waals surface area contributed by atoms with E-state index in [-0.39, 0.29) is 22.5 Å². The highest BCUT2D eigenvalue weighted by Gasteiger charge is 2.30. The molecule has 2 aromatic carbocycles. The van der Waals surface area contributed by atoms with E-state index in [0.717, 1.165) is 0 Å². The molecule has 0 aliphatic carbocycles. The minimum atomic E-state index is -2.99. The number of methoxy groups -OCH3 is 1. The molecule has 7 nitrogen and oxygen atoms in total. The Bertz CT molecular complexity index is 939. The van der Waals surface area contributed by atoms with Crippen molar-refractivity contribution < 1.29 is 28.1 Å². The Hall–Kier alpha value is -3.33. The standard InChI is InChI=1S/C18H14F2N2O5/c1-26-13-8-4-10(5-9-13)15-14(17(18(19)20)27-21-15)16(23)11-2-6-12(7-3-11)22(24)25/h2-9,16,18,23H,1H3. The van der Waals surface area contributed by atoms with Crippen molar-refractivity contribution >= 4 is 5.69 Å². The van der Waals surface area contributed by atoms with Crippen LogP contribution in [-0.2, 0) is 0 Å². The van der Waals surface area contributed by atoms with Gasteiger partial charge in [-0.15, -0.1) is 0 Å². The number of halogens is 2. The molecule has 9 heteroatoms. The van der Waals surface area contributed by atoms with Gasteiger partial charge in [0.05, 0.1) is 17.6 Å². The van der Waals surface area contributed by atoms with Gasteiger partial charge >= 0.3 is 0 Å². The molecule has 0 saturated heterocycles. The summed E-state index contributed by atoms with van der Waals surface area (Å²) in [5, 5.41) is 25.1. The van der Waals surface area contributed by atoms with Crippen molar-refractivity contribution in [2.24, 2.45) is 0 Å². The largest absolute Gasteiger partial charge is 0.497 e. The smallest absolute Gasteiger partial charge is 0.298 e. The van der Waals surface area contributed by atoms with Gasteiger partial charge in [0, 0.05) is 17.7 Å². The Labute approximate surface area is 151 Å². The van der Waals surface area contributed by atoms with Gasteiger partial charge in [0.25, 0.3) is 12.1 Å². The van der Waals surface area contributed by atoms with E-state index in [2.05, 4.69) is 5.16 Å². The first kappa shape index (κ1) is 18.5. The molecule has 3 aromatic rings. The number of nitrogens with zero attached hydrogens (tertiary/aromatic N) is 2. The molecule has 3 rings (SSSR count). The van der Waals surface area contributed by atoms with Crippen LogP contribution in [0.15, 0.2) is 53.1 Å². The number of alkyl halides is 2. The van der Waals surface area contributed by atoms with Gasteiger partial charge in [0.2, 0.25) is 5.76 Å². The summed E-state index contributed by atoms with van der Waals surface area (Å²) in [5.41, 5.74) is 0.325. The van der Waals surface area contributed by atoms with Crippen molar-refractivity contribution in [1.82, 2.24) is 5.16 Å². The van der Waals surface area contributed by atoms with Crippen molar-refractivity contribution in [1.29, 1.82) is 0 Å². The zero-order valence-electron chi connectivity index (χ0n) is 14.0. The summed E-state index contributed by atoms with van der Waals surface area (Å²) in [5.74, 6) is -0.194. The summed E-state index contributed by atoms with van der Waals surface area (Å²) in [6.45, 7) is 0. The molecule has 0 bridgehead atoms. The fraction of sp³-hybridized carbons (Fsp3) is 0.167. The number of hydrogen-bond acceptors (Lipinski definition) is 6. The summed E-state index contributed by atoms with van der Waals surface area (Å²) in [6, 6.07) is 11.4. The van der Waals surface area contributed by atoms with Crippen molar-refractivity contribution in [3.05, 3.63) is 75.5 Å². The summed E-state index contributed by atoms with van der Waals surface area (Å²) in [7, 11) is 1.49. The van der Waals surface area contributed by atoms with Crippen LogP contribution in [0.25, 0.3) is 11.3 Å². The maximum atomic E-state index is 13.4. The zero-order chi connectivity index (χ0) is 19.6. The van der Waals surface area contributed by atoms with Gasteiger partial charge in [-0.25, -0.2) is 8.78 Å². The van der Waals surface area contributed by atoms with Crippen LogP contribution in [0.3, 0.4) is 0 Å². The van der Waals surface area contributed by atoms with E-state index < -0.39 is 23.2 Å². The predicted molar refractivity (Wildman–Crippen MR) is 90.6 cm³/mol. The Morgan fingerprint density at radius 1 is 1.15 bits per heavy atom. The molecule has 0 radical (unpaired) electrons. The summed E-state index contributed by atoms with van der Waals surface area (Å²) in [4.78, 5) is 10.2. The average Bonchev–Trinajstić information content (AvgIpc) is 3.13. The molecular formula is C18H14F2N2O5. The molecule has 0 fully saturated rings. The van der Waals surface area contributed by atoms with E-state index in [1.54, 1.807) is 24.3 Å². The van der Waals surface area contributed by atoms with E-state index in [4.69, 9.17) is 9.26 Å². The first-order valence-electron chi connectivity index (χ1n) is 7.76. The topological polar surface area (TPSA) is 98.6 Å². The lowest BCUT2D eigenvalue weighted by atomic mass is 9.96. The third kappa shape index (κ3) is 3.63. The van der Waals surface area contributed by atoms with Crippen LogP contribution >= 0.6 is 0 Å². The summed E-state index contributed by atoms with van der Waals surface area (Å²) >= 11 is 0. The molecule has 0 aliphatic heterocycles. The molecule has 0 amide bonds. The van der Waals surface area contributed by atoms with Crippen LogP contribution in [0.1, 0.15) is 29.4 Å². The number of rotatable bonds is 6. The second kappa shape index (κ2) is 7.50. The van der Waals surface area contributed by atoms with Crippen LogP contribution < -0.4 is 4.74 Å². The SMILES string of the molecule is COc1ccc(-c2noc(C(F)F)c2C(O)c2ccc([N+](=O)[O-])cc2)cc1. The van der Waals surface area contributed by atoms with E-state index in [1.807, 2.05) is 0 Å². The molecule has 140 valence electrons. The van der Waals surface area contributed by atoms with Gasteiger partial charge in [-0.05, 0) is 42.0 Å². The first-order valence-corrected chi connectivity index (χ1v) is 7.76. The van der Waals surface area contributed by atoms with Gasteiger partial charge in [-0.3, -0.25) is 10.1 Å². The average molecular weight is 376 g/mol. The van der Waals surface area contributed by atoms with E-state index >= 15 is 0 Å². The zero-order valence-corrected chi connectivity index (χ0v) is 14.0. The maximum absolute atomic E-state index is 13.4. The van der Waals surface area contributed by atoms with Crippen molar-refractivity contribution in [3.8, 4) is 17.0 Å².